The first kappa shape index (κ1) is 15.4. The summed E-state index contributed by atoms with van der Waals surface area (Å²) in [6.45, 7) is 1.28. The van der Waals surface area contributed by atoms with Crippen molar-refractivity contribution in [3.05, 3.63) is 60.2 Å². The van der Waals surface area contributed by atoms with Crippen LogP contribution in [-0.2, 0) is 6.54 Å². The van der Waals surface area contributed by atoms with Crippen molar-refractivity contribution in [2.45, 2.75) is 12.6 Å². The van der Waals surface area contributed by atoms with Gasteiger partial charge in [-0.2, -0.15) is 0 Å². The number of aliphatic hydroxyl groups is 1. The second-order valence-electron chi connectivity index (χ2n) is 5.03. The zero-order valence-corrected chi connectivity index (χ0v) is 12.3. The topological polar surface area (TPSA) is 58.7 Å². The first-order chi connectivity index (χ1) is 10.2. The van der Waals surface area contributed by atoms with Crippen molar-refractivity contribution in [2.24, 2.45) is 5.73 Å². The molecule has 0 saturated heterocycles. The Bertz CT molecular complexity index is 545. The van der Waals surface area contributed by atoms with Gasteiger partial charge < -0.3 is 20.5 Å². The number of nitrogens with zero attached hydrogens (tertiary/aromatic N) is 1. The zero-order chi connectivity index (χ0) is 15.1. The van der Waals surface area contributed by atoms with Crippen LogP contribution in [0.5, 0.6) is 5.75 Å². The SMILES string of the molecule is CN(CC(O)COc1ccccc1)c1cccc(CN)c1. The number of hydrogen-bond acceptors (Lipinski definition) is 4. The summed E-state index contributed by atoms with van der Waals surface area (Å²) in [4.78, 5) is 2.00. The number of rotatable bonds is 7. The van der Waals surface area contributed by atoms with E-state index in [0.29, 0.717) is 13.1 Å². The van der Waals surface area contributed by atoms with Gasteiger partial charge in [0.2, 0.25) is 0 Å². The molecule has 0 aliphatic rings. The Morgan fingerprint density at radius 3 is 2.62 bits per heavy atom. The second-order valence-corrected chi connectivity index (χ2v) is 5.03. The summed E-state index contributed by atoms with van der Waals surface area (Å²) in [7, 11) is 1.95. The van der Waals surface area contributed by atoms with Crippen molar-refractivity contribution in [2.75, 3.05) is 25.1 Å². The highest BCUT2D eigenvalue weighted by Gasteiger charge is 2.10. The lowest BCUT2D eigenvalue weighted by Crippen LogP contribution is -2.33. The van der Waals surface area contributed by atoms with Crippen LogP contribution in [0.25, 0.3) is 0 Å². The molecule has 21 heavy (non-hydrogen) atoms. The van der Waals surface area contributed by atoms with Crippen LogP contribution in [0.1, 0.15) is 5.56 Å². The van der Waals surface area contributed by atoms with Crippen molar-refractivity contribution < 1.29 is 9.84 Å². The van der Waals surface area contributed by atoms with Crippen molar-refractivity contribution in [3.63, 3.8) is 0 Å². The van der Waals surface area contributed by atoms with Crippen LogP contribution in [0.3, 0.4) is 0 Å². The molecule has 0 aromatic heterocycles. The van der Waals surface area contributed by atoms with Gasteiger partial charge in [-0.25, -0.2) is 0 Å². The fraction of sp³-hybridized carbons (Fsp3) is 0.294. The molecule has 0 amide bonds. The molecule has 2 rings (SSSR count). The number of para-hydroxylation sites is 1. The standard InChI is InChI=1S/C17H22N2O2/c1-19(15-7-5-6-14(10-15)11-18)12-16(20)13-21-17-8-3-2-4-9-17/h2-10,16,20H,11-13,18H2,1H3. The molecule has 1 atom stereocenters. The molecule has 0 radical (unpaired) electrons. The number of hydrogen-bond donors (Lipinski definition) is 2. The molecule has 0 aliphatic carbocycles. The quantitative estimate of drug-likeness (QED) is 0.817. The molecular weight excluding hydrogens is 264 g/mol. The van der Waals surface area contributed by atoms with Gasteiger partial charge in [-0.1, -0.05) is 30.3 Å². The van der Waals surface area contributed by atoms with E-state index in [1.807, 2.05) is 66.5 Å². The summed E-state index contributed by atoms with van der Waals surface area (Å²) < 4.78 is 5.55. The molecule has 112 valence electrons. The number of likely N-dealkylation sites (N-methyl/N-ethyl adjacent to an activating group) is 1. The highest BCUT2D eigenvalue weighted by molar-refractivity contribution is 5.48. The van der Waals surface area contributed by atoms with Crippen LogP contribution in [0, 0.1) is 0 Å². The maximum atomic E-state index is 10.1. The Hall–Kier alpha value is -2.04. The lowest BCUT2D eigenvalue weighted by molar-refractivity contribution is 0.113. The molecule has 2 aromatic rings. The van der Waals surface area contributed by atoms with Crippen LogP contribution in [0.4, 0.5) is 5.69 Å². The van der Waals surface area contributed by atoms with E-state index in [0.717, 1.165) is 17.0 Å². The molecule has 0 fully saturated rings. The van der Waals surface area contributed by atoms with E-state index in [4.69, 9.17) is 10.5 Å². The summed E-state index contributed by atoms with van der Waals surface area (Å²) in [6, 6.07) is 17.5. The van der Waals surface area contributed by atoms with Crippen LogP contribution < -0.4 is 15.4 Å². The number of ether oxygens (including phenoxy) is 1. The largest absolute Gasteiger partial charge is 0.491 e. The highest BCUT2D eigenvalue weighted by Crippen LogP contribution is 2.15. The maximum Gasteiger partial charge on any atom is 0.119 e. The van der Waals surface area contributed by atoms with E-state index in [1.54, 1.807) is 0 Å². The minimum Gasteiger partial charge on any atom is -0.491 e. The van der Waals surface area contributed by atoms with E-state index < -0.39 is 6.10 Å². The Labute approximate surface area is 125 Å². The van der Waals surface area contributed by atoms with E-state index in [1.165, 1.54) is 0 Å². The fourth-order valence-electron chi connectivity index (χ4n) is 2.10. The predicted octanol–water partition coefficient (Wildman–Crippen LogP) is 2.02. The van der Waals surface area contributed by atoms with E-state index >= 15 is 0 Å². The Kier molecular flexibility index (Phi) is 5.60. The van der Waals surface area contributed by atoms with E-state index in [2.05, 4.69) is 0 Å². The van der Waals surface area contributed by atoms with Crippen molar-refractivity contribution in [1.82, 2.24) is 0 Å². The third-order valence-electron chi connectivity index (χ3n) is 3.26. The summed E-state index contributed by atoms with van der Waals surface area (Å²) >= 11 is 0. The van der Waals surface area contributed by atoms with Gasteiger partial charge in [0.25, 0.3) is 0 Å². The van der Waals surface area contributed by atoms with Crippen molar-refractivity contribution in [3.8, 4) is 5.75 Å². The first-order valence-electron chi connectivity index (χ1n) is 7.05. The average molecular weight is 286 g/mol. The van der Waals surface area contributed by atoms with Gasteiger partial charge in [-0.05, 0) is 29.8 Å². The van der Waals surface area contributed by atoms with Crippen LogP contribution >= 0.6 is 0 Å². The van der Waals surface area contributed by atoms with Gasteiger partial charge in [-0.15, -0.1) is 0 Å². The molecule has 0 spiro atoms. The fourth-order valence-corrected chi connectivity index (χ4v) is 2.10. The van der Waals surface area contributed by atoms with Crippen LogP contribution in [0.15, 0.2) is 54.6 Å². The van der Waals surface area contributed by atoms with Gasteiger partial charge in [0.1, 0.15) is 18.5 Å². The highest BCUT2D eigenvalue weighted by atomic mass is 16.5. The van der Waals surface area contributed by atoms with E-state index in [-0.39, 0.29) is 6.61 Å². The zero-order valence-electron chi connectivity index (χ0n) is 12.3. The Morgan fingerprint density at radius 2 is 1.90 bits per heavy atom. The molecule has 4 heteroatoms. The minimum absolute atomic E-state index is 0.269. The van der Waals surface area contributed by atoms with Gasteiger partial charge in [0, 0.05) is 25.8 Å². The number of aliphatic hydroxyl groups excluding tert-OH is 1. The van der Waals surface area contributed by atoms with Gasteiger partial charge in [0.05, 0.1) is 0 Å². The predicted molar refractivity (Wildman–Crippen MR) is 85.5 cm³/mol. The first-order valence-corrected chi connectivity index (χ1v) is 7.05. The minimum atomic E-state index is -0.559. The third-order valence-corrected chi connectivity index (χ3v) is 3.26. The summed E-state index contributed by atoms with van der Waals surface area (Å²) in [5.41, 5.74) is 7.76. The Balaban J connectivity index is 1.85. The summed E-state index contributed by atoms with van der Waals surface area (Å²) in [6.07, 6.45) is -0.559. The molecule has 4 nitrogen and oxygen atoms in total. The van der Waals surface area contributed by atoms with Gasteiger partial charge in [-0.3, -0.25) is 0 Å². The molecule has 3 N–H and O–H groups in total. The number of anilines is 1. The number of benzene rings is 2. The maximum absolute atomic E-state index is 10.1. The monoisotopic (exact) mass is 286 g/mol. The molecule has 2 aromatic carbocycles. The molecule has 1 unspecified atom stereocenters. The van der Waals surface area contributed by atoms with Crippen LogP contribution in [0.2, 0.25) is 0 Å². The normalized spacial score (nSPS) is 12.0. The van der Waals surface area contributed by atoms with Crippen molar-refractivity contribution in [1.29, 1.82) is 0 Å². The lowest BCUT2D eigenvalue weighted by atomic mass is 10.2. The molecular formula is C17H22N2O2. The second kappa shape index (κ2) is 7.67. The molecule has 0 bridgehead atoms. The Morgan fingerprint density at radius 1 is 1.14 bits per heavy atom. The van der Waals surface area contributed by atoms with Gasteiger partial charge in [0.15, 0.2) is 0 Å². The van der Waals surface area contributed by atoms with Gasteiger partial charge >= 0.3 is 0 Å². The third kappa shape index (κ3) is 4.77. The van der Waals surface area contributed by atoms with E-state index in [9.17, 15) is 5.11 Å². The average Bonchev–Trinajstić information content (AvgIpc) is 2.54. The molecule has 0 heterocycles. The van der Waals surface area contributed by atoms with Crippen molar-refractivity contribution >= 4 is 5.69 Å². The summed E-state index contributed by atoms with van der Waals surface area (Å²) in [5, 5.41) is 10.1. The molecule has 0 aliphatic heterocycles. The van der Waals surface area contributed by atoms with Crippen LogP contribution in [-0.4, -0.2) is 31.4 Å². The number of nitrogens with two attached hydrogens (primary N) is 1. The summed E-state index contributed by atoms with van der Waals surface area (Å²) in [5.74, 6) is 0.768. The lowest BCUT2D eigenvalue weighted by Gasteiger charge is -2.23. The molecule has 0 saturated carbocycles. The smallest absolute Gasteiger partial charge is 0.119 e.